The van der Waals surface area contributed by atoms with E-state index in [1.807, 2.05) is 0 Å². The SMILES string of the molecule is CCCO[Si-2]123(OCCC)n4c5c6ccccc6c4N=C4c6ccccc6C(=[N+]41)N=c1c4ccccc4c(n12)=NC1=[N+]3C(=N5)c2ccccc21. The second kappa shape index (κ2) is 7.98. The zero-order valence-corrected chi connectivity index (χ0v) is 28.0. The molecule has 8 heterocycles. The summed E-state index contributed by atoms with van der Waals surface area (Å²) in [5.41, 5.74) is 5.50. The van der Waals surface area contributed by atoms with Gasteiger partial charge in [0.2, 0.25) is 0 Å². The molecule has 0 atom stereocenters. The van der Waals surface area contributed by atoms with Crippen LogP contribution >= 0.6 is 0 Å². The number of rotatable bonds is 6. The van der Waals surface area contributed by atoms with Crippen LogP contribution in [0.15, 0.2) is 117 Å². The fraction of sp³-hybridized carbons (Fsp3) is 0.158. The van der Waals surface area contributed by atoms with Gasteiger partial charge in [-0.25, -0.2) is 0 Å². The Balaban J connectivity index is 1.52. The van der Waals surface area contributed by atoms with E-state index in [0.717, 1.165) is 103 Å². The van der Waals surface area contributed by atoms with Crippen LogP contribution in [0.25, 0.3) is 21.5 Å². The Labute approximate surface area is 279 Å². The average molecular weight is 659 g/mol. The number of aliphatic imine (C=N–C) groups is 2. The number of benzene rings is 4. The van der Waals surface area contributed by atoms with E-state index in [-0.39, 0.29) is 0 Å². The van der Waals surface area contributed by atoms with Gasteiger partial charge in [0.15, 0.2) is 0 Å². The standard InChI is InChI=1S/C38H30N8O2Si/c1-3-21-47-49(48-22-4-2)43-31-23-13-5-6-14-24(23)32(43)40-34-27-17-9-10-18-28(27)36(45(34)49)42-38-30-20-12-11-19-29(30)37(46(38)49)41-35-26-16-8-7-15-25(26)33(39-31)44(35)49/h5-20H,3-4,21-22H2,1-2H3. The van der Waals surface area contributed by atoms with Gasteiger partial charge >= 0.3 is 280 Å². The number of hydrogen-bond acceptors (Lipinski definition) is 6. The van der Waals surface area contributed by atoms with Gasteiger partial charge in [-0.3, -0.25) is 0 Å². The van der Waals surface area contributed by atoms with Crippen molar-refractivity contribution in [3.63, 3.8) is 0 Å². The van der Waals surface area contributed by atoms with Crippen LogP contribution in [0.1, 0.15) is 48.9 Å². The monoisotopic (exact) mass is 658 g/mol. The van der Waals surface area contributed by atoms with Crippen LogP contribution in [0.3, 0.4) is 0 Å². The topological polar surface area (TPSA) is 83.8 Å². The molecule has 0 unspecified atom stereocenters. The molecule has 4 aromatic carbocycles. The van der Waals surface area contributed by atoms with Crippen LogP contribution in [-0.2, 0) is 8.85 Å². The first kappa shape index (κ1) is 26.3. The third-order valence-corrected chi connectivity index (χ3v) is 18.6. The maximum absolute atomic E-state index is 8.15. The number of hydrogen-bond donors (Lipinski definition) is 0. The van der Waals surface area contributed by atoms with Crippen LogP contribution < -0.4 is 11.0 Å². The molecule has 10 nitrogen and oxygen atoms in total. The molecule has 0 aliphatic carbocycles. The van der Waals surface area contributed by atoms with Crippen molar-refractivity contribution < 1.29 is 17.3 Å². The summed E-state index contributed by atoms with van der Waals surface area (Å²) in [6, 6.07) is 33.8. The Morgan fingerprint density at radius 2 is 0.918 bits per heavy atom. The summed E-state index contributed by atoms with van der Waals surface area (Å²) in [4.78, 5) is 22.4. The second-order valence-electron chi connectivity index (χ2n) is 13.7. The summed E-state index contributed by atoms with van der Waals surface area (Å²) in [6.45, 7) is 5.11. The van der Waals surface area contributed by atoms with E-state index in [0.29, 0.717) is 13.2 Å². The molecule has 2 aromatic heterocycles. The van der Waals surface area contributed by atoms with Crippen molar-refractivity contribution in [1.29, 1.82) is 0 Å². The molecule has 0 saturated carbocycles. The summed E-state index contributed by atoms with van der Waals surface area (Å²) < 4.78 is 25.5. The van der Waals surface area contributed by atoms with Gasteiger partial charge in [0, 0.05) is 0 Å². The fourth-order valence-electron chi connectivity index (χ4n) is 9.78. The molecular weight excluding hydrogens is 629 g/mol. The van der Waals surface area contributed by atoms with Crippen LogP contribution in [0.2, 0.25) is 0 Å². The summed E-state index contributed by atoms with van der Waals surface area (Å²) in [5, 5.41) is 3.97. The predicted molar refractivity (Wildman–Crippen MR) is 189 cm³/mol. The first-order valence-electron chi connectivity index (χ1n) is 17.2. The van der Waals surface area contributed by atoms with Gasteiger partial charge in [-0.2, -0.15) is 0 Å². The second-order valence-corrected chi connectivity index (χ2v) is 18.9. The quantitative estimate of drug-likeness (QED) is 0.231. The van der Waals surface area contributed by atoms with Crippen LogP contribution in [-0.4, -0.2) is 61.3 Å². The Kier molecular flexibility index (Phi) is 4.29. The molecule has 0 fully saturated rings. The molecule has 6 aromatic rings. The van der Waals surface area contributed by atoms with Crippen molar-refractivity contribution in [2.45, 2.75) is 26.7 Å². The third kappa shape index (κ3) is 2.33. The molecule has 6 aliphatic heterocycles. The summed E-state index contributed by atoms with van der Waals surface area (Å²) >= 11 is 0. The Morgan fingerprint density at radius 1 is 0.510 bits per heavy atom. The van der Waals surface area contributed by atoms with Crippen LogP contribution in [0.4, 0.5) is 11.6 Å². The molecule has 0 saturated heterocycles. The molecular formula is C38H30N8O2Si. The van der Waals surface area contributed by atoms with Gasteiger partial charge in [-0.1, -0.05) is 0 Å². The average Bonchev–Trinajstić information content (AvgIpc) is 3.87. The first-order valence-corrected chi connectivity index (χ1v) is 19.8. The summed E-state index contributed by atoms with van der Waals surface area (Å²) in [7, 11) is -6.22. The van der Waals surface area contributed by atoms with Gasteiger partial charge in [0.1, 0.15) is 0 Å². The Hall–Kier alpha value is -5.62. The third-order valence-electron chi connectivity index (χ3n) is 11.4. The van der Waals surface area contributed by atoms with Crippen molar-refractivity contribution >= 4 is 64.3 Å². The Bertz CT molecular complexity index is 2740. The van der Waals surface area contributed by atoms with Crippen molar-refractivity contribution in [2.75, 3.05) is 13.2 Å². The van der Waals surface area contributed by atoms with Crippen molar-refractivity contribution in [2.24, 2.45) is 20.0 Å². The fourth-order valence-corrected chi connectivity index (χ4v) is 18.4. The van der Waals surface area contributed by atoms with E-state index in [1.165, 1.54) is 0 Å². The summed E-state index contributed by atoms with van der Waals surface area (Å²) in [6.07, 6.45) is 1.50. The van der Waals surface area contributed by atoms with Gasteiger partial charge in [-0.05, 0) is 0 Å². The Morgan fingerprint density at radius 3 is 1.37 bits per heavy atom. The van der Waals surface area contributed by atoms with E-state index in [9.17, 15) is 0 Å². The molecule has 11 heteroatoms. The van der Waals surface area contributed by atoms with Crippen LogP contribution in [0.5, 0.6) is 0 Å². The molecule has 0 N–H and O–H groups in total. The van der Waals surface area contributed by atoms with Gasteiger partial charge < -0.3 is 0 Å². The van der Waals surface area contributed by atoms with E-state index in [4.69, 9.17) is 28.8 Å². The van der Waals surface area contributed by atoms with Gasteiger partial charge in [0.05, 0.1) is 0 Å². The van der Waals surface area contributed by atoms with Crippen molar-refractivity contribution in [1.82, 2.24) is 8.47 Å². The van der Waals surface area contributed by atoms with Gasteiger partial charge in [-0.15, -0.1) is 0 Å². The maximum atomic E-state index is 8.15. The number of amidine groups is 4. The normalized spacial score (nSPS) is 20.9. The van der Waals surface area contributed by atoms with E-state index in [1.54, 1.807) is 0 Å². The summed E-state index contributed by atoms with van der Waals surface area (Å²) in [5.74, 6) is 4.59. The van der Waals surface area contributed by atoms with E-state index >= 15 is 0 Å². The zero-order valence-electron chi connectivity index (χ0n) is 27.0. The molecule has 0 radical (unpaired) electrons. The molecule has 6 aliphatic rings. The zero-order chi connectivity index (χ0) is 32.3. The predicted octanol–water partition coefficient (Wildman–Crippen LogP) is 5.18. The molecule has 0 amide bonds. The van der Waals surface area contributed by atoms with Crippen molar-refractivity contribution in [3.05, 3.63) is 130 Å². The number of fused-ring (bicyclic) bond motifs is 12. The van der Waals surface area contributed by atoms with E-state index < -0.39 is 7.76 Å². The molecule has 0 bridgehead atoms. The minimum atomic E-state index is -6.22. The number of aromatic nitrogens is 2. The number of nitrogens with zero attached hydrogens (tertiary/aromatic N) is 8. The van der Waals surface area contributed by atoms with E-state index in [2.05, 4.69) is 128 Å². The molecule has 238 valence electrons. The minimum absolute atomic E-state index is 0.398. The van der Waals surface area contributed by atoms with Gasteiger partial charge in [0.25, 0.3) is 0 Å². The van der Waals surface area contributed by atoms with Crippen molar-refractivity contribution in [3.8, 4) is 0 Å². The van der Waals surface area contributed by atoms with Crippen LogP contribution in [0, 0.1) is 0 Å². The molecule has 49 heavy (non-hydrogen) atoms. The molecule has 12 rings (SSSR count). The first-order chi connectivity index (χ1) is 24.1. The molecule has 1 spiro atoms.